The predicted molar refractivity (Wildman–Crippen MR) is 133 cm³/mol. The van der Waals surface area contributed by atoms with Crippen molar-refractivity contribution in [2.45, 2.75) is 49.1 Å². The van der Waals surface area contributed by atoms with Crippen molar-refractivity contribution < 1.29 is 23.5 Å². The smallest absolute Gasteiger partial charge is 0.328 e. The first kappa shape index (κ1) is 26.7. The lowest BCUT2D eigenvalue weighted by molar-refractivity contribution is -0.148. The van der Waals surface area contributed by atoms with Crippen LogP contribution < -0.4 is 16.0 Å². The number of nitrogens with one attached hydrogen (secondary N) is 3. The Balaban J connectivity index is 1.64. The van der Waals surface area contributed by atoms with Crippen molar-refractivity contribution in [3.8, 4) is 0 Å². The summed E-state index contributed by atoms with van der Waals surface area (Å²) >= 11 is 1.45. The number of carbonyl (C=O) groups excluding carboxylic acids is 3. The number of halogens is 1. The number of hydrogen-bond acceptors (Lipinski definition) is 6. The van der Waals surface area contributed by atoms with Gasteiger partial charge in [-0.05, 0) is 62.7 Å². The highest BCUT2D eigenvalue weighted by molar-refractivity contribution is 7.99. The zero-order chi connectivity index (χ0) is 25.1. The maximum Gasteiger partial charge on any atom is 0.328 e. The molecule has 188 valence electrons. The number of piperidine rings is 1. The summed E-state index contributed by atoms with van der Waals surface area (Å²) in [6.07, 6.45) is 1.32. The van der Waals surface area contributed by atoms with Crippen LogP contribution in [0.3, 0.4) is 0 Å². The second-order valence-electron chi connectivity index (χ2n) is 8.40. The maximum atomic E-state index is 13.5. The summed E-state index contributed by atoms with van der Waals surface area (Å²) in [6, 6.07) is 14.6. The molecule has 2 aromatic rings. The van der Waals surface area contributed by atoms with Crippen LogP contribution in [-0.4, -0.2) is 54.8 Å². The minimum Gasteiger partial charge on any atom is -0.464 e. The number of benzene rings is 2. The molecule has 1 fully saturated rings. The van der Waals surface area contributed by atoms with Gasteiger partial charge in [-0.1, -0.05) is 30.3 Å². The Morgan fingerprint density at radius 1 is 1.09 bits per heavy atom. The Labute approximate surface area is 209 Å². The van der Waals surface area contributed by atoms with Crippen molar-refractivity contribution in [3.63, 3.8) is 0 Å². The molecule has 1 aliphatic heterocycles. The van der Waals surface area contributed by atoms with Gasteiger partial charge in [0, 0.05) is 23.5 Å². The van der Waals surface area contributed by atoms with Crippen molar-refractivity contribution >= 4 is 29.5 Å². The molecule has 1 unspecified atom stereocenters. The largest absolute Gasteiger partial charge is 0.464 e. The molecule has 1 heterocycles. The van der Waals surface area contributed by atoms with Gasteiger partial charge in [0.15, 0.2) is 0 Å². The molecule has 0 aliphatic carbocycles. The summed E-state index contributed by atoms with van der Waals surface area (Å²) in [5.41, 5.74) is -0.211. The van der Waals surface area contributed by atoms with E-state index in [9.17, 15) is 18.8 Å². The first-order valence-electron chi connectivity index (χ1n) is 11.8. The van der Waals surface area contributed by atoms with Crippen LogP contribution in [0.1, 0.15) is 31.7 Å². The maximum absolute atomic E-state index is 13.5. The normalized spacial score (nSPS) is 15.6. The van der Waals surface area contributed by atoms with Gasteiger partial charge in [0.25, 0.3) is 0 Å². The Kier molecular flexibility index (Phi) is 10.1. The van der Waals surface area contributed by atoms with E-state index in [0.29, 0.717) is 38.1 Å². The van der Waals surface area contributed by atoms with Crippen LogP contribution in [0.2, 0.25) is 0 Å². The van der Waals surface area contributed by atoms with Gasteiger partial charge >= 0.3 is 5.97 Å². The average Bonchev–Trinajstić information content (AvgIpc) is 2.86. The Hall–Kier alpha value is -2.91. The van der Waals surface area contributed by atoms with E-state index < -0.39 is 17.6 Å². The van der Waals surface area contributed by atoms with Crippen LogP contribution in [-0.2, 0) is 25.5 Å². The van der Waals surface area contributed by atoms with Crippen LogP contribution in [0.4, 0.5) is 4.39 Å². The number of esters is 1. The minimum atomic E-state index is -1.11. The highest BCUT2D eigenvalue weighted by atomic mass is 32.2. The third kappa shape index (κ3) is 8.07. The van der Waals surface area contributed by atoms with E-state index >= 15 is 0 Å². The number of hydrogen-bond donors (Lipinski definition) is 3. The second-order valence-corrected chi connectivity index (χ2v) is 9.57. The molecule has 35 heavy (non-hydrogen) atoms. The number of ether oxygens (including phenoxy) is 1. The average molecular weight is 502 g/mol. The fourth-order valence-electron chi connectivity index (χ4n) is 3.97. The molecule has 1 aliphatic rings. The van der Waals surface area contributed by atoms with Gasteiger partial charge in [0.1, 0.15) is 17.4 Å². The molecule has 1 atom stereocenters. The molecule has 1 saturated heterocycles. The third-order valence-corrected chi connectivity index (χ3v) is 6.85. The van der Waals surface area contributed by atoms with Gasteiger partial charge in [-0.2, -0.15) is 0 Å². The monoisotopic (exact) mass is 501 g/mol. The van der Waals surface area contributed by atoms with Crippen molar-refractivity contribution in [1.82, 2.24) is 16.0 Å². The van der Waals surface area contributed by atoms with E-state index in [1.165, 1.54) is 23.9 Å². The number of carbonyl (C=O) groups is 3. The molecular formula is C26H32FN3O4S. The van der Waals surface area contributed by atoms with E-state index in [2.05, 4.69) is 16.0 Å². The van der Waals surface area contributed by atoms with E-state index in [4.69, 9.17) is 4.74 Å². The molecule has 0 bridgehead atoms. The summed E-state index contributed by atoms with van der Waals surface area (Å²) < 4.78 is 18.3. The minimum absolute atomic E-state index is 0.204. The van der Waals surface area contributed by atoms with Crippen LogP contribution in [0.15, 0.2) is 59.5 Å². The lowest BCUT2D eigenvalue weighted by atomic mass is 9.86. The summed E-state index contributed by atoms with van der Waals surface area (Å²) in [4.78, 5) is 39.8. The summed E-state index contributed by atoms with van der Waals surface area (Å²) in [5, 5.41) is 9.02. The Morgan fingerprint density at radius 3 is 2.43 bits per heavy atom. The molecule has 2 amide bonds. The number of rotatable bonds is 11. The first-order chi connectivity index (χ1) is 16.9. The molecule has 9 heteroatoms. The van der Waals surface area contributed by atoms with Crippen LogP contribution in [0.5, 0.6) is 0 Å². The van der Waals surface area contributed by atoms with E-state index in [-0.39, 0.29) is 30.7 Å². The Bertz CT molecular complexity index is 982. The number of thioether (sulfide) groups is 1. The molecule has 2 aromatic carbocycles. The molecule has 3 N–H and O–H groups in total. The summed E-state index contributed by atoms with van der Waals surface area (Å²) in [5.74, 6) is -0.942. The van der Waals surface area contributed by atoms with Crippen molar-refractivity contribution in [3.05, 3.63) is 66.0 Å². The van der Waals surface area contributed by atoms with Gasteiger partial charge < -0.3 is 20.7 Å². The van der Waals surface area contributed by atoms with Gasteiger partial charge in [0.05, 0.1) is 6.61 Å². The van der Waals surface area contributed by atoms with Crippen LogP contribution in [0.25, 0.3) is 0 Å². The lowest BCUT2D eigenvalue weighted by Crippen LogP contribution is -2.64. The first-order valence-corrected chi connectivity index (χ1v) is 12.8. The standard InChI is InChI=1S/C26H32FN3O4S/c1-2-34-24(32)22(18-19-6-4-3-5-7-19)29-25(33)26(13-15-28-16-14-26)30-23(31)12-17-35-21-10-8-20(27)9-11-21/h3-11,22,28H,2,12-18H2,1H3,(H,29,33)(H,30,31). The molecular weight excluding hydrogens is 469 g/mol. The van der Waals surface area contributed by atoms with Crippen LogP contribution >= 0.6 is 11.8 Å². The van der Waals surface area contributed by atoms with Crippen LogP contribution in [0, 0.1) is 5.82 Å². The van der Waals surface area contributed by atoms with Crippen molar-refractivity contribution in [2.24, 2.45) is 0 Å². The second kappa shape index (κ2) is 13.3. The third-order valence-electron chi connectivity index (χ3n) is 5.84. The van der Waals surface area contributed by atoms with E-state index in [1.54, 1.807) is 19.1 Å². The SMILES string of the molecule is CCOC(=O)C(Cc1ccccc1)NC(=O)C1(NC(=O)CCSc2ccc(F)cc2)CCNCC1. The quantitative estimate of drug-likeness (QED) is 0.324. The van der Waals surface area contributed by atoms with E-state index in [0.717, 1.165) is 10.5 Å². The molecule has 0 saturated carbocycles. The molecule has 0 aromatic heterocycles. The summed E-state index contributed by atoms with van der Waals surface area (Å²) in [6.45, 7) is 3.07. The highest BCUT2D eigenvalue weighted by Gasteiger charge is 2.42. The Morgan fingerprint density at radius 2 is 1.77 bits per heavy atom. The highest BCUT2D eigenvalue weighted by Crippen LogP contribution is 2.22. The number of amides is 2. The predicted octanol–water partition coefficient (Wildman–Crippen LogP) is 2.84. The van der Waals surface area contributed by atoms with Gasteiger partial charge in [-0.15, -0.1) is 11.8 Å². The molecule has 3 rings (SSSR count). The molecule has 0 radical (unpaired) electrons. The fourth-order valence-corrected chi connectivity index (χ4v) is 4.82. The molecule has 7 nitrogen and oxygen atoms in total. The fraction of sp³-hybridized carbons (Fsp3) is 0.423. The van der Waals surface area contributed by atoms with E-state index in [1.807, 2.05) is 30.3 Å². The zero-order valence-electron chi connectivity index (χ0n) is 19.8. The molecule has 0 spiro atoms. The van der Waals surface area contributed by atoms with Gasteiger partial charge in [-0.3, -0.25) is 9.59 Å². The van der Waals surface area contributed by atoms with Gasteiger partial charge in [-0.25, -0.2) is 9.18 Å². The van der Waals surface area contributed by atoms with Crippen molar-refractivity contribution in [1.29, 1.82) is 0 Å². The van der Waals surface area contributed by atoms with Gasteiger partial charge in [0.2, 0.25) is 11.8 Å². The van der Waals surface area contributed by atoms with Crippen molar-refractivity contribution in [2.75, 3.05) is 25.4 Å². The lowest BCUT2D eigenvalue weighted by Gasteiger charge is -2.38. The topological polar surface area (TPSA) is 96.5 Å². The summed E-state index contributed by atoms with van der Waals surface area (Å²) in [7, 11) is 0. The zero-order valence-corrected chi connectivity index (χ0v) is 20.7.